The van der Waals surface area contributed by atoms with E-state index in [4.69, 9.17) is 0 Å². The highest BCUT2D eigenvalue weighted by molar-refractivity contribution is 5.37. The van der Waals surface area contributed by atoms with Crippen LogP contribution >= 0.6 is 0 Å². The number of aryl methyl sites for hydroxylation is 1. The van der Waals surface area contributed by atoms with Crippen molar-refractivity contribution in [2.75, 3.05) is 6.54 Å². The lowest BCUT2D eigenvalue weighted by atomic mass is 9.68. The molecule has 1 aromatic rings. The molecule has 1 fully saturated rings. The summed E-state index contributed by atoms with van der Waals surface area (Å²) >= 11 is 0. The highest BCUT2D eigenvalue weighted by Gasteiger charge is 2.33. The molecule has 0 spiro atoms. The maximum Gasteiger partial charge on any atom is 0.00966 e. The predicted molar refractivity (Wildman–Crippen MR) is 79.1 cm³/mol. The van der Waals surface area contributed by atoms with Crippen molar-refractivity contribution >= 4 is 0 Å². The maximum atomic E-state index is 3.66. The van der Waals surface area contributed by atoms with Crippen LogP contribution in [0.25, 0.3) is 0 Å². The second-order valence-electron chi connectivity index (χ2n) is 6.86. The molecule has 1 aliphatic rings. The summed E-state index contributed by atoms with van der Waals surface area (Å²) in [5.74, 6) is 1.60. The maximum absolute atomic E-state index is 3.66. The fourth-order valence-corrected chi connectivity index (χ4v) is 2.84. The zero-order valence-corrected chi connectivity index (χ0v) is 12.5. The average Bonchev–Trinajstić information content (AvgIpc) is 2.21. The zero-order chi connectivity index (χ0) is 13.3. The SMILES string of the molecule is Cc1cccc(C2CCC2CNC(C)(C)C)c1C. The van der Waals surface area contributed by atoms with Crippen LogP contribution in [-0.4, -0.2) is 12.1 Å². The van der Waals surface area contributed by atoms with Gasteiger partial charge in [0.05, 0.1) is 0 Å². The second kappa shape index (κ2) is 5.05. The van der Waals surface area contributed by atoms with Crippen LogP contribution in [0.2, 0.25) is 0 Å². The van der Waals surface area contributed by atoms with Gasteiger partial charge in [-0.2, -0.15) is 0 Å². The molecule has 0 aromatic heterocycles. The van der Waals surface area contributed by atoms with E-state index in [-0.39, 0.29) is 5.54 Å². The standard InChI is InChI=1S/C17H27N/c1-12-7-6-8-15(13(12)2)16-10-9-14(16)11-18-17(3,4)5/h6-8,14,16,18H,9-11H2,1-5H3. The van der Waals surface area contributed by atoms with Crippen LogP contribution in [0, 0.1) is 19.8 Å². The van der Waals surface area contributed by atoms with E-state index >= 15 is 0 Å². The monoisotopic (exact) mass is 245 g/mol. The summed E-state index contributed by atoms with van der Waals surface area (Å²) in [4.78, 5) is 0. The quantitative estimate of drug-likeness (QED) is 0.842. The van der Waals surface area contributed by atoms with Crippen molar-refractivity contribution < 1.29 is 0 Å². The topological polar surface area (TPSA) is 12.0 Å². The Morgan fingerprint density at radius 2 is 1.89 bits per heavy atom. The molecule has 100 valence electrons. The lowest BCUT2D eigenvalue weighted by molar-refractivity contribution is 0.225. The van der Waals surface area contributed by atoms with E-state index in [1.807, 2.05) is 0 Å². The van der Waals surface area contributed by atoms with Crippen LogP contribution in [0.15, 0.2) is 18.2 Å². The summed E-state index contributed by atoms with van der Waals surface area (Å²) in [6, 6.07) is 6.76. The molecule has 0 amide bonds. The van der Waals surface area contributed by atoms with Gasteiger partial charge in [-0.25, -0.2) is 0 Å². The van der Waals surface area contributed by atoms with Gasteiger partial charge in [0.25, 0.3) is 0 Å². The molecule has 0 aliphatic heterocycles. The molecule has 1 aromatic carbocycles. The van der Waals surface area contributed by atoms with E-state index in [1.165, 1.54) is 24.0 Å². The number of hydrogen-bond donors (Lipinski definition) is 1. The molecule has 2 rings (SSSR count). The summed E-state index contributed by atoms with van der Waals surface area (Å²) in [5, 5.41) is 3.66. The van der Waals surface area contributed by atoms with Crippen LogP contribution in [0.4, 0.5) is 0 Å². The van der Waals surface area contributed by atoms with Crippen molar-refractivity contribution in [1.29, 1.82) is 0 Å². The molecule has 0 heterocycles. The third-order valence-corrected chi connectivity index (χ3v) is 4.36. The normalized spacial score (nSPS) is 23.8. The van der Waals surface area contributed by atoms with Gasteiger partial charge in [-0.1, -0.05) is 18.2 Å². The Bertz CT molecular complexity index is 414. The van der Waals surface area contributed by atoms with Crippen LogP contribution in [0.5, 0.6) is 0 Å². The van der Waals surface area contributed by atoms with Gasteiger partial charge in [0, 0.05) is 5.54 Å². The lowest BCUT2D eigenvalue weighted by Crippen LogP contribution is -2.43. The lowest BCUT2D eigenvalue weighted by Gasteiger charge is -2.40. The smallest absolute Gasteiger partial charge is 0.00966 e. The van der Waals surface area contributed by atoms with E-state index < -0.39 is 0 Å². The molecular formula is C17H27N. The van der Waals surface area contributed by atoms with Gasteiger partial charge in [0.2, 0.25) is 0 Å². The molecule has 0 bridgehead atoms. The molecular weight excluding hydrogens is 218 g/mol. The number of benzene rings is 1. The first kappa shape index (κ1) is 13.6. The minimum Gasteiger partial charge on any atom is -0.312 e. The average molecular weight is 245 g/mol. The Kier molecular flexibility index (Phi) is 3.82. The van der Waals surface area contributed by atoms with Crippen LogP contribution in [0.1, 0.15) is 56.2 Å². The summed E-state index contributed by atoms with van der Waals surface area (Å²) in [7, 11) is 0. The van der Waals surface area contributed by atoms with Gasteiger partial charge in [0.1, 0.15) is 0 Å². The molecule has 1 nitrogen and oxygen atoms in total. The van der Waals surface area contributed by atoms with Crippen molar-refractivity contribution in [2.45, 2.75) is 58.9 Å². The Morgan fingerprint density at radius 1 is 1.17 bits per heavy atom. The van der Waals surface area contributed by atoms with Gasteiger partial charge < -0.3 is 5.32 Å². The molecule has 1 aliphatic carbocycles. The summed E-state index contributed by atoms with van der Waals surface area (Å²) in [5.41, 5.74) is 4.76. The summed E-state index contributed by atoms with van der Waals surface area (Å²) < 4.78 is 0. The molecule has 0 saturated heterocycles. The van der Waals surface area contributed by atoms with E-state index in [0.717, 1.165) is 18.4 Å². The van der Waals surface area contributed by atoms with E-state index in [9.17, 15) is 0 Å². The molecule has 1 N–H and O–H groups in total. The van der Waals surface area contributed by atoms with Gasteiger partial charge in [-0.3, -0.25) is 0 Å². The first-order valence-corrected chi connectivity index (χ1v) is 7.19. The molecule has 1 saturated carbocycles. The molecule has 18 heavy (non-hydrogen) atoms. The van der Waals surface area contributed by atoms with Crippen LogP contribution in [0.3, 0.4) is 0 Å². The van der Waals surface area contributed by atoms with Gasteiger partial charge >= 0.3 is 0 Å². The Morgan fingerprint density at radius 3 is 2.44 bits per heavy atom. The largest absolute Gasteiger partial charge is 0.312 e. The van der Waals surface area contributed by atoms with Crippen molar-refractivity contribution in [2.24, 2.45) is 5.92 Å². The van der Waals surface area contributed by atoms with Gasteiger partial charge in [-0.15, -0.1) is 0 Å². The number of nitrogens with one attached hydrogen (secondary N) is 1. The summed E-state index contributed by atoms with van der Waals surface area (Å²) in [6.07, 6.45) is 2.74. The van der Waals surface area contributed by atoms with E-state index in [0.29, 0.717) is 0 Å². The third kappa shape index (κ3) is 2.95. The fourth-order valence-electron chi connectivity index (χ4n) is 2.84. The first-order chi connectivity index (χ1) is 8.38. The molecule has 2 atom stereocenters. The van der Waals surface area contributed by atoms with Crippen LogP contribution in [-0.2, 0) is 0 Å². The molecule has 0 radical (unpaired) electrons. The minimum atomic E-state index is 0.238. The van der Waals surface area contributed by atoms with Gasteiger partial charge in [0.15, 0.2) is 0 Å². The van der Waals surface area contributed by atoms with Crippen molar-refractivity contribution in [3.63, 3.8) is 0 Å². The van der Waals surface area contributed by atoms with Crippen molar-refractivity contribution in [3.8, 4) is 0 Å². The molecule has 2 unspecified atom stereocenters. The Labute approximate surface area is 112 Å². The highest BCUT2D eigenvalue weighted by Crippen LogP contribution is 2.43. The van der Waals surface area contributed by atoms with Crippen LogP contribution < -0.4 is 5.32 Å². The fraction of sp³-hybridized carbons (Fsp3) is 0.647. The minimum absolute atomic E-state index is 0.238. The number of hydrogen-bond acceptors (Lipinski definition) is 1. The number of rotatable bonds is 3. The van der Waals surface area contributed by atoms with Gasteiger partial charge in [-0.05, 0) is 82.5 Å². The summed E-state index contributed by atoms with van der Waals surface area (Å²) in [6.45, 7) is 12.4. The van der Waals surface area contributed by atoms with Crippen molar-refractivity contribution in [1.82, 2.24) is 5.32 Å². The van der Waals surface area contributed by atoms with E-state index in [2.05, 4.69) is 58.1 Å². The first-order valence-electron chi connectivity index (χ1n) is 7.19. The zero-order valence-electron chi connectivity index (χ0n) is 12.5. The Balaban J connectivity index is 2.04. The Hall–Kier alpha value is -0.820. The highest BCUT2D eigenvalue weighted by atomic mass is 14.9. The predicted octanol–water partition coefficient (Wildman–Crippen LogP) is 4.19. The second-order valence-corrected chi connectivity index (χ2v) is 6.86. The van der Waals surface area contributed by atoms with Crippen molar-refractivity contribution in [3.05, 3.63) is 34.9 Å². The van der Waals surface area contributed by atoms with E-state index in [1.54, 1.807) is 5.56 Å². The molecule has 1 heteroatoms. The third-order valence-electron chi connectivity index (χ3n) is 4.36.